The minimum absolute atomic E-state index is 0.0380. The number of carbonyl (C=O) groups excluding carboxylic acids is 2. The molecule has 0 spiro atoms. The number of amides is 2. The van der Waals surface area contributed by atoms with Crippen LogP contribution in [0.25, 0.3) is 0 Å². The summed E-state index contributed by atoms with van der Waals surface area (Å²) in [5, 5.41) is 2.76. The van der Waals surface area contributed by atoms with Crippen LogP contribution in [0.15, 0.2) is 89.8 Å². The van der Waals surface area contributed by atoms with Crippen LogP contribution in [-0.2, 0) is 21.4 Å². The zero-order chi connectivity index (χ0) is 25.5. The molecule has 0 aromatic heterocycles. The second-order valence-corrected chi connectivity index (χ2v) is 10.7. The van der Waals surface area contributed by atoms with Gasteiger partial charge in [-0.05, 0) is 49.0 Å². The maximum absolute atomic E-state index is 13.3. The molecule has 0 radical (unpaired) electrons. The number of sulfonamides is 1. The standard InChI is InChI=1S/C27H30N4O4S/c1-29-16-18-30(19-17-29)27(33)23-12-14-24(15-13-23)28-26(32)21-31(20-22-8-4-2-5-9-22)36(34,35)25-10-6-3-7-11-25/h2-15H,16-21H2,1H3,(H,28,32). The van der Waals surface area contributed by atoms with E-state index < -0.39 is 15.9 Å². The lowest BCUT2D eigenvalue weighted by molar-refractivity contribution is -0.116. The fourth-order valence-corrected chi connectivity index (χ4v) is 5.41. The first-order valence-corrected chi connectivity index (χ1v) is 13.2. The topological polar surface area (TPSA) is 90.0 Å². The lowest BCUT2D eigenvalue weighted by atomic mass is 10.1. The van der Waals surface area contributed by atoms with E-state index >= 15 is 0 Å². The van der Waals surface area contributed by atoms with Crippen LogP contribution in [0.1, 0.15) is 15.9 Å². The number of benzene rings is 3. The number of hydrogen-bond acceptors (Lipinski definition) is 5. The molecule has 0 atom stereocenters. The van der Waals surface area contributed by atoms with Crippen molar-refractivity contribution in [3.05, 3.63) is 96.1 Å². The van der Waals surface area contributed by atoms with Crippen molar-refractivity contribution in [3.63, 3.8) is 0 Å². The number of anilines is 1. The summed E-state index contributed by atoms with van der Waals surface area (Å²) in [5.41, 5.74) is 1.82. The third kappa shape index (κ3) is 6.37. The third-order valence-corrected chi connectivity index (χ3v) is 7.91. The monoisotopic (exact) mass is 506 g/mol. The maximum atomic E-state index is 13.3. The fraction of sp³-hybridized carbons (Fsp3) is 0.259. The predicted octanol–water partition coefficient (Wildman–Crippen LogP) is 2.90. The number of likely N-dealkylation sites (N-methyl/N-ethyl adjacent to an activating group) is 1. The molecule has 1 aliphatic rings. The van der Waals surface area contributed by atoms with Gasteiger partial charge in [-0.1, -0.05) is 48.5 Å². The predicted molar refractivity (Wildman–Crippen MR) is 139 cm³/mol. The van der Waals surface area contributed by atoms with Crippen molar-refractivity contribution in [1.29, 1.82) is 0 Å². The van der Waals surface area contributed by atoms with E-state index in [4.69, 9.17) is 0 Å². The Kier molecular flexibility index (Phi) is 8.14. The van der Waals surface area contributed by atoms with Crippen LogP contribution in [0, 0.1) is 0 Å². The lowest BCUT2D eigenvalue weighted by Gasteiger charge is -2.32. The molecule has 1 saturated heterocycles. The Morgan fingerprint density at radius 1 is 0.833 bits per heavy atom. The Hall–Kier alpha value is -3.53. The number of rotatable bonds is 8. The number of carbonyl (C=O) groups is 2. The van der Waals surface area contributed by atoms with E-state index in [1.54, 1.807) is 42.5 Å². The largest absolute Gasteiger partial charge is 0.336 e. The summed E-state index contributed by atoms with van der Waals surface area (Å²) in [5.74, 6) is -0.507. The fourth-order valence-electron chi connectivity index (χ4n) is 4.00. The summed E-state index contributed by atoms with van der Waals surface area (Å²) in [6.07, 6.45) is 0. The molecule has 0 unspecified atom stereocenters. The van der Waals surface area contributed by atoms with Gasteiger partial charge in [0.1, 0.15) is 0 Å². The van der Waals surface area contributed by atoms with Gasteiger partial charge in [-0.2, -0.15) is 4.31 Å². The van der Waals surface area contributed by atoms with E-state index in [-0.39, 0.29) is 23.9 Å². The molecule has 1 fully saturated rings. The van der Waals surface area contributed by atoms with Crippen LogP contribution in [-0.4, -0.2) is 74.1 Å². The smallest absolute Gasteiger partial charge is 0.253 e. The third-order valence-electron chi connectivity index (χ3n) is 6.11. The van der Waals surface area contributed by atoms with Crippen molar-refractivity contribution in [2.45, 2.75) is 11.4 Å². The molecule has 36 heavy (non-hydrogen) atoms. The van der Waals surface area contributed by atoms with Gasteiger partial charge in [0.15, 0.2) is 0 Å². The van der Waals surface area contributed by atoms with Crippen molar-refractivity contribution in [1.82, 2.24) is 14.1 Å². The van der Waals surface area contributed by atoms with Crippen LogP contribution in [0.3, 0.4) is 0 Å². The molecule has 0 saturated carbocycles. The molecule has 4 rings (SSSR count). The zero-order valence-corrected chi connectivity index (χ0v) is 21.0. The number of piperazine rings is 1. The first-order chi connectivity index (χ1) is 17.3. The Morgan fingerprint density at radius 2 is 1.42 bits per heavy atom. The SMILES string of the molecule is CN1CCN(C(=O)c2ccc(NC(=O)CN(Cc3ccccc3)S(=O)(=O)c3ccccc3)cc2)CC1. The van der Waals surface area contributed by atoms with Gasteiger partial charge in [-0.3, -0.25) is 9.59 Å². The summed E-state index contributed by atoms with van der Waals surface area (Å²) in [4.78, 5) is 29.8. The molecular formula is C27H30N4O4S. The van der Waals surface area contributed by atoms with E-state index in [0.29, 0.717) is 24.3 Å². The average Bonchev–Trinajstić information content (AvgIpc) is 2.90. The number of nitrogens with zero attached hydrogens (tertiary/aromatic N) is 3. The highest BCUT2D eigenvalue weighted by Gasteiger charge is 2.27. The molecule has 1 aliphatic heterocycles. The van der Waals surface area contributed by atoms with Crippen molar-refractivity contribution < 1.29 is 18.0 Å². The quantitative estimate of drug-likeness (QED) is 0.508. The molecular weight excluding hydrogens is 476 g/mol. The Balaban J connectivity index is 1.45. The minimum Gasteiger partial charge on any atom is -0.336 e. The normalized spacial score (nSPS) is 14.6. The van der Waals surface area contributed by atoms with E-state index in [2.05, 4.69) is 10.2 Å². The first kappa shape index (κ1) is 25.6. The van der Waals surface area contributed by atoms with Gasteiger partial charge in [-0.15, -0.1) is 0 Å². The molecule has 3 aromatic carbocycles. The highest BCUT2D eigenvalue weighted by Crippen LogP contribution is 2.19. The van der Waals surface area contributed by atoms with E-state index in [9.17, 15) is 18.0 Å². The molecule has 8 nitrogen and oxygen atoms in total. The van der Waals surface area contributed by atoms with Gasteiger partial charge in [0, 0.05) is 44.0 Å². The number of hydrogen-bond donors (Lipinski definition) is 1. The summed E-state index contributed by atoms with van der Waals surface area (Å²) < 4.78 is 27.8. The first-order valence-electron chi connectivity index (χ1n) is 11.8. The second-order valence-electron chi connectivity index (χ2n) is 8.79. The van der Waals surface area contributed by atoms with Crippen LogP contribution in [0.4, 0.5) is 5.69 Å². The summed E-state index contributed by atoms with van der Waals surface area (Å²) in [6.45, 7) is 2.75. The molecule has 1 N–H and O–H groups in total. The molecule has 0 aliphatic carbocycles. The van der Waals surface area contributed by atoms with Crippen LogP contribution >= 0.6 is 0 Å². The summed E-state index contributed by atoms with van der Waals surface area (Å²) in [7, 11) is -1.87. The van der Waals surface area contributed by atoms with Crippen LogP contribution in [0.2, 0.25) is 0 Å². The molecule has 9 heteroatoms. The molecule has 1 heterocycles. The summed E-state index contributed by atoms with van der Waals surface area (Å²) >= 11 is 0. The van der Waals surface area contributed by atoms with E-state index in [1.165, 1.54) is 12.1 Å². The molecule has 188 valence electrons. The van der Waals surface area contributed by atoms with Gasteiger partial charge in [0.2, 0.25) is 15.9 Å². The van der Waals surface area contributed by atoms with Gasteiger partial charge < -0.3 is 15.1 Å². The van der Waals surface area contributed by atoms with Crippen molar-refractivity contribution in [2.75, 3.05) is 45.1 Å². The van der Waals surface area contributed by atoms with Crippen molar-refractivity contribution in [2.24, 2.45) is 0 Å². The molecule has 2 amide bonds. The van der Waals surface area contributed by atoms with Crippen molar-refractivity contribution >= 4 is 27.5 Å². The van der Waals surface area contributed by atoms with Gasteiger partial charge in [0.05, 0.1) is 11.4 Å². The average molecular weight is 507 g/mol. The van der Waals surface area contributed by atoms with Gasteiger partial charge in [0.25, 0.3) is 5.91 Å². The van der Waals surface area contributed by atoms with Crippen molar-refractivity contribution in [3.8, 4) is 0 Å². The zero-order valence-electron chi connectivity index (χ0n) is 20.2. The molecule has 3 aromatic rings. The second kappa shape index (κ2) is 11.5. The van der Waals surface area contributed by atoms with Crippen LogP contribution in [0.5, 0.6) is 0 Å². The molecule has 0 bridgehead atoms. The lowest BCUT2D eigenvalue weighted by Crippen LogP contribution is -2.47. The van der Waals surface area contributed by atoms with Gasteiger partial charge in [-0.25, -0.2) is 8.42 Å². The Bertz CT molecular complexity index is 1270. The van der Waals surface area contributed by atoms with E-state index in [0.717, 1.165) is 23.0 Å². The Morgan fingerprint density at radius 3 is 2.03 bits per heavy atom. The minimum atomic E-state index is -3.90. The number of nitrogens with one attached hydrogen (secondary N) is 1. The highest BCUT2D eigenvalue weighted by molar-refractivity contribution is 7.89. The van der Waals surface area contributed by atoms with Gasteiger partial charge >= 0.3 is 0 Å². The Labute approximate surface area is 212 Å². The van der Waals surface area contributed by atoms with E-state index in [1.807, 2.05) is 42.3 Å². The summed E-state index contributed by atoms with van der Waals surface area (Å²) in [6, 6.07) is 23.9. The highest BCUT2D eigenvalue weighted by atomic mass is 32.2. The maximum Gasteiger partial charge on any atom is 0.253 e. The van der Waals surface area contributed by atoms with Crippen LogP contribution < -0.4 is 5.32 Å².